The van der Waals surface area contributed by atoms with Crippen LogP contribution < -0.4 is 0 Å². The molecule has 0 N–H and O–H groups in total. The van der Waals surface area contributed by atoms with Gasteiger partial charge in [-0.2, -0.15) is 0 Å². The highest BCUT2D eigenvalue weighted by atomic mass is 16.5. The summed E-state index contributed by atoms with van der Waals surface area (Å²) in [6.07, 6.45) is 4.77. The molecule has 1 aromatic rings. The molecule has 6 heteroatoms. The van der Waals surface area contributed by atoms with E-state index in [1.54, 1.807) is 31.4 Å². The van der Waals surface area contributed by atoms with Crippen LogP contribution in [0.3, 0.4) is 0 Å². The first-order chi connectivity index (χ1) is 13.1. The SMILES string of the molecule is COC1CCN(C(=O)C2CCCCC2CN2C(=O)c3ccccc3C2=O)C1. The highest BCUT2D eigenvalue weighted by Crippen LogP contribution is 2.35. The molecular weight excluding hydrogens is 344 g/mol. The molecule has 3 aliphatic rings. The molecule has 1 saturated heterocycles. The Morgan fingerprint density at radius 2 is 1.74 bits per heavy atom. The van der Waals surface area contributed by atoms with E-state index in [0.29, 0.717) is 24.2 Å². The van der Waals surface area contributed by atoms with E-state index in [0.717, 1.165) is 38.6 Å². The smallest absolute Gasteiger partial charge is 0.261 e. The molecule has 0 spiro atoms. The minimum absolute atomic E-state index is 0.0371. The molecule has 1 saturated carbocycles. The van der Waals surface area contributed by atoms with E-state index in [9.17, 15) is 14.4 Å². The van der Waals surface area contributed by atoms with Gasteiger partial charge in [0.05, 0.1) is 17.2 Å². The number of hydrogen-bond acceptors (Lipinski definition) is 4. The first-order valence-electron chi connectivity index (χ1n) is 9.87. The summed E-state index contributed by atoms with van der Waals surface area (Å²) in [6.45, 7) is 1.71. The summed E-state index contributed by atoms with van der Waals surface area (Å²) in [5, 5.41) is 0. The molecule has 2 aliphatic heterocycles. The van der Waals surface area contributed by atoms with Gasteiger partial charge in [0.25, 0.3) is 11.8 Å². The Morgan fingerprint density at radius 1 is 1.07 bits per heavy atom. The van der Waals surface area contributed by atoms with Crippen LogP contribution in [0.2, 0.25) is 0 Å². The van der Waals surface area contributed by atoms with Gasteiger partial charge in [-0.25, -0.2) is 0 Å². The first-order valence-corrected chi connectivity index (χ1v) is 9.87. The first kappa shape index (κ1) is 18.2. The Kier molecular flexibility index (Phi) is 5.00. The number of fused-ring (bicyclic) bond motifs is 1. The summed E-state index contributed by atoms with van der Waals surface area (Å²) in [5.74, 6) is -0.370. The lowest BCUT2D eigenvalue weighted by molar-refractivity contribution is -0.138. The maximum absolute atomic E-state index is 13.1. The number of likely N-dealkylation sites (tertiary alicyclic amines) is 1. The third kappa shape index (κ3) is 3.27. The maximum Gasteiger partial charge on any atom is 0.261 e. The fourth-order valence-corrected chi connectivity index (χ4v) is 4.75. The highest BCUT2D eigenvalue weighted by molar-refractivity contribution is 6.21. The minimum Gasteiger partial charge on any atom is -0.380 e. The summed E-state index contributed by atoms with van der Waals surface area (Å²) in [7, 11) is 1.68. The molecular formula is C21H26N2O4. The number of hydrogen-bond donors (Lipinski definition) is 0. The quantitative estimate of drug-likeness (QED) is 0.763. The van der Waals surface area contributed by atoms with Crippen LogP contribution in [0.4, 0.5) is 0 Å². The van der Waals surface area contributed by atoms with Crippen molar-refractivity contribution in [2.24, 2.45) is 11.8 Å². The largest absolute Gasteiger partial charge is 0.380 e. The Hall–Kier alpha value is -2.21. The third-order valence-corrected chi connectivity index (χ3v) is 6.31. The van der Waals surface area contributed by atoms with Crippen LogP contribution >= 0.6 is 0 Å². The Bertz CT molecular complexity index is 727. The van der Waals surface area contributed by atoms with Gasteiger partial charge in [-0.05, 0) is 37.3 Å². The van der Waals surface area contributed by atoms with Gasteiger partial charge < -0.3 is 9.64 Å². The summed E-state index contributed by atoms with van der Waals surface area (Å²) >= 11 is 0. The summed E-state index contributed by atoms with van der Waals surface area (Å²) < 4.78 is 5.39. The zero-order chi connectivity index (χ0) is 19.0. The van der Waals surface area contributed by atoms with E-state index >= 15 is 0 Å². The monoisotopic (exact) mass is 370 g/mol. The van der Waals surface area contributed by atoms with Gasteiger partial charge in [0, 0.05) is 32.7 Å². The van der Waals surface area contributed by atoms with Crippen molar-refractivity contribution in [1.82, 2.24) is 9.80 Å². The molecule has 1 aromatic carbocycles. The van der Waals surface area contributed by atoms with Crippen molar-refractivity contribution in [3.63, 3.8) is 0 Å². The van der Waals surface area contributed by atoms with Crippen LogP contribution in [0.25, 0.3) is 0 Å². The molecule has 27 heavy (non-hydrogen) atoms. The van der Waals surface area contributed by atoms with Crippen molar-refractivity contribution in [3.05, 3.63) is 35.4 Å². The van der Waals surface area contributed by atoms with Gasteiger partial charge in [-0.3, -0.25) is 19.3 Å². The number of amides is 3. The molecule has 4 rings (SSSR count). The highest BCUT2D eigenvalue weighted by Gasteiger charge is 2.41. The van der Waals surface area contributed by atoms with Crippen molar-refractivity contribution in [1.29, 1.82) is 0 Å². The fourth-order valence-electron chi connectivity index (χ4n) is 4.75. The number of benzene rings is 1. The van der Waals surface area contributed by atoms with E-state index in [-0.39, 0.29) is 35.7 Å². The Balaban J connectivity index is 1.48. The summed E-state index contributed by atoms with van der Waals surface area (Å²) in [5.41, 5.74) is 0.951. The average Bonchev–Trinajstić information content (AvgIpc) is 3.28. The number of imide groups is 1. The van der Waals surface area contributed by atoms with Crippen LogP contribution in [0.15, 0.2) is 24.3 Å². The molecule has 0 aromatic heterocycles. The summed E-state index contributed by atoms with van der Waals surface area (Å²) in [4.78, 5) is 41.7. The van der Waals surface area contributed by atoms with Gasteiger partial charge in [-0.1, -0.05) is 25.0 Å². The number of ether oxygens (including phenoxy) is 1. The van der Waals surface area contributed by atoms with Crippen molar-refractivity contribution in [3.8, 4) is 0 Å². The Labute approximate surface area is 159 Å². The molecule has 6 nitrogen and oxygen atoms in total. The normalized spacial score (nSPS) is 28.0. The van der Waals surface area contributed by atoms with Crippen molar-refractivity contribution in [2.45, 2.75) is 38.2 Å². The summed E-state index contributed by atoms with van der Waals surface area (Å²) in [6, 6.07) is 6.96. The van der Waals surface area contributed by atoms with Gasteiger partial charge in [0.15, 0.2) is 0 Å². The fraction of sp³-hybridized carbons (Fsp3) is 0.571. The lowest BCUT2D eigenvalue weighted by Gasteiger charge is -2.35. The van der Waals surface area contributed by atoms with E-state index in [1.807, 2.05) is 4.90 Å². The predicted molar refractivity (Wildman–Crippen MR) is 99.3 cm³/mol. The standard InChI is InChI=1S/C21H26N2O4/c1-27-15-10-11-22(13-15)19(24)16-7-3-2-6-14(16)12-23-20(25)17-8-4-5-9-18(17)21(23)26/h4-5,8-9,14-16H,2-3,6-7,10-13H2,1H3. The van der Waals surface area contributed by atoms with Crippen molar-refractivity contribution in [2.75, 3.05) is 26.7 Å². The number of carbonyl (C=O) groups is 3. The molecule has 1 aliphatic carbocycles. The second-order valence-electron chi connectivity index (χ2n) is 7.85. The topological polar surface area (TPSA) is 66.9 Å². The van der Waals surface area contributed by atoms with Gasteiger partial charge in [0.1, 0.15) is 0 Å². The van der Waals surface area contributed by atoms with Crippen LogP contribution in [0.5, 0.6) is 0 Å². The van der Waals surface area contributed by atoms with E-state index in [1.165, 1.54) is 4.90 Å². The van der Waals surface area contributed by atoms with Crippen LogP contribution in [0, 0.1) is 11.8 Å². The second kappa shape index (κ2) is 7.43. The van der Waals surface area contributed by atoms with Crippen molar-refractivity contribution >= 4 is 17.7 Å². The van der Waals surface area contributed by atoms with Gasteiger partial charge >= 0.3 is 0 Å². The zero-order valence-corrected chi connectivity index (χ0v) is 15.7. The average molecular weight is 370 g/mol. The molecule has 144 valence electrons. The molecule has 0 radical (unpaired) electrons. The molecule has 2 heterocycles. The third-order valence-electron chi connectivity index (χ3n) is 6.31. The van der Waals surface area contributed by atoms with Gasteiger partial charge in [-0.15, -0.1) is 0 Å². The number of nitrogens with zero attached hydrogens (tertiary/aromatic N) is 2. The van der Waals surface area contributed by atoms with E-state index in [4.69, 9.17) is 4.74 Å². The second-order valence-corrected chi connectivity index (χ2v) is 7.85. The Morgan fingerprint density at radius 3 is 2.37 bits per heavy atom. The molecule has 3 amide bonds. The molecule has 2 fully saturated rings. The van der Waals surface area contributed by atoms with Crippen molar-refractivity contribution < 1.29 is 19.1 Å². The molecule has 3 atom stereocenters. The van der Waals surface area contributed by atoms with E-state index < -0.39 is 0 Å². The maximum atomic E-state index is 13.1. The number of rotatable bonds is 4. The lowest BCUT2D eigenvalue weighted by Crippen LogP contribution is -2.44. The minimum atomic E-state index is -0.229. The number of carbonyl (C=O) groups excluding carboxylic acids is 3. The van der Waals surface area contributed by atoms with Crippen LogP contribution in [-0.2, 0) is 9.53 Å². The number of methoxy groups -OCH3 is 1. The predicted octanol–water partition coefficient (Wildman–Crippen LogP) is 2.34. The molecule has 3 unspecified atom stereocenters. The lowest BCUT2D eigenvalue weighted by atomic mass is 9.78. The van der Waals surface area contributed by atoms with Gasteiger partial charge in [0.2, 0.25) is 5.91 Å². The van der Waals surface area contributed by atoms with Crippen LogP contribution in [-0.4, -0.2) is 60.4 Å². The van der Waals surface area contributed by atoms with E-state index in [2.05, 4.69) is 0 Å². The van der Waals surface area contributed by atoms with Crippen LogP contribution in [0.1, 0.15) is 52.8 Å². The molecule has 0 bridgehead atoms. The zero-order valence-electron chi connectivity index (χ0n) is 15.7.